The van der Waals surface area contributed by atoms with E-state index in [2.05, 4.69) is 4.90 Å². The minimum absolute atomic E-state index is 0.0204. The van der Waals surface area contributed by atoms with Crippen LogP contribution in [-0.4, -0.2) is 40.4 Å². The monoisotopic (exact) mass is 385 g/mol. The van der Waals surface area contributed by atoms with Gasteiger partial charge in [0, 0.05) is 42.3 Å². The zero-order valence-corrected chi connectivity index (χ0v) is 15.8. The molecule has 2 heterocycles. The van der Waals surface area contributed by atoms with Gasteiger partial charge in [-0.1, -0.05) is 0 Å². The molecule has 148 valence electrons. The van der Waals surface area contributed by atoms with Crippen molar-refractivity contribution in [3.8, 4) is 0 Å². The lowest BCUT2D eigenvalue weighted by atomic mass is 9.97. The van der Waals surface area contributed by atoms with Gasteiger partial charge in [-0.3, -0.25) is 4.79 Å². The van der Waals surface area contributed by atoms with Gasteiger partial charge in [-0.05, 0) is 49.8 Å². The van der Waals surface area contributed by atoms with E-state index in [0.717, 1.165) is 43.6 Å². The molecular weight excluding hydrogens is 361 g/mol. The van der Waals surface area contributed by atoms with E-state index in [1.54, 1.807) is 10.6 Å². The van der Waals surface area contributed by atoms with Crippen LogP contribution in [0.4, 0.5) is 10.1 Å². The molecule has 1 aliphatic heterocycles. The van der Waals surface area contributed by atoms with Gasteiger partial charge in [-0.2, -0.15) is 0 Å². The van der Waals surface area contributed by atoms with Gasteiger partial charge in [0.2, 0.25) is 5.43 Å². The van der Waals surface area contributed by atoms with Crippen LogP contribution in [0.15, 0.2) is 23.1 Å². The first-order valence-corrected chi connectivity index (χ1v) is 9.90. The van der Waals surface area contributed by atoms with E-state index in [0.29, 0.717) is 23.2 Å². The van der Waals surface area contributed by atoms with Gasteiger partial charge >= 0.3 is 5.97 Å². The number of nitrogens with two attached hydrogens (primary N) is 1. The summed E-state index contributed by atoms with van der Waals surface area (Å²) in [6.07, 6.45) is 3.88. The first-order chi connectivity index (χ1) is 13.3. The zero-order chi connectivity index (χ0) is 19.8. The molecule has 1 aromatic carbocycles. The Hall–Kier alpha value is -2.41. The SMILES string of the molecule is Cc1c(N2CC[C@@H](C3(N)CC3)C2)ccc2c(=O)c(C(=O)O)cn([C@@H]3C[C@@H]3F)c12. The number of pyridine rings is 1. The zero-order valence-electron chi connectivity index (χ0n) is 15.8. The Balaban J connectivity index is 1.63. The maximum absolute atomic E-state index is 13.9. The number of fused-ring (bicyclic) bond motifs is 1. The Morgan fingerprint density at radius 2 is 2.07 bits per heavy atom. The van der Waals surface area contributed by atoms with Gasteiger partial charge in [0.1, 0.15) is 11.7 Å². The summed E-state index contributed by atoms with van der Waals surface area (Å²) in [5.74, 6) is -0.809. The Morgan fingerprint density at radius 3 is 2.68 bits per heavy atom. The number of nitrogens with zero attached hydrogens (tertiary/aromatic N) is 2. The van der Waals surface area contributed by atoms with Crippen LogP contribution in [0, 0.1) is 12.8 Å². The summed E-state index contributed by atoms with van der Waals surface area (Å²) < 4.78 is 15.5. The normalized spacial score (nSPS) is 28.0. The van der Waals surface area contributed by atoms with Gasteiger partial charge < -0.3 is 20.3 Å². The largest absolute Gasteiger partial charge is 0.477 e. The van der Waals surface area contributed by atoms with Gasteiger partial charge in [-0.25, -0.2) is 9.18 Å². The van der Waals surface area contributed by atoms with Crippen molar-refractivity contribution in [3.05, 3.63) is 39.7 Å². The maximum atomic E-state index is 13.9. The molecule has 5 rings (SSSR count). The second-order valence-corrected chi connectivity index (χ2v) is 8.67. The van der Waals surface area contributed by atoms with Gasteiger partial charge in [0.25, 0.3) is 0 Å². The lowest BCUT2D eigenvalue weighted by Gasteiger charge is -2.25. The van der Waals surface area contributed by atoms with Crippen molar-refractivity contribution in [1.82, 2.24) is 4.57 Å². The van der Waals surface area contributed by atoms with Crippen LogP contribution in [0.5, 0.6) is 0 Å². The molecule has 2 aliphatic carbocycles. The van der Waals surface area contributed by atoms with E-state index in [-0.39, 0.29) is 11.1 Å². The second-order valence-electron chi connectivity index (χ2n) is 8.67. The lowest BCUT2D eigenvalue weighted by Crippen LogP contribution is -2.34. The third-order valence-electron chi connectivity index (χ3n) is 6.86. The maximum Gasteiger partial charge on any atom is 0.341 e. The van der Waals surface area contributed by atoms with Gasteiger partial charge in [0.15, 0.2) is 0 Å². The second kappa shape index (κ2) is 5.80. The highest BCUT2D eigenvalue weighted by Gasteiger charge is 2.48. The van der Waals surface area contributed by atoms with Crippen LogP contribution >= 0.6 is 0 Å². The molecular formula is C21H24FN3O3. The lowest BCUT2D eigenvalue weighted by molar-refractivity contribution is 0.0694. The van der Waals surface area contributed by atoms with Crippen molar-refractivity contribution in [2.75, 3.05) is 18.0 Å². The van der Waals surface area contributed by atoms with Crippen LogP contribution in [0.1, 0.15) is 47.6 Å². The number of hydrogen-bond acceptors (Lipinski definition) is 4. The third-order valence-corrected chi connectivity index (χ3v) is 6.86. The number of hydrogen-bond donors (Lipinski definition) is 2. The summed E-state index contributed by atoms with van der Waals surface area (Å²) in [5, 5.41) is 9.74. The van der Waals surface area contributed by atoms with Crippen molar-refractivity contribution < 1.29 is 14.3 Å². The number of carboxylic acids is 1. The fourth-order valence-corrected chi connectivity index (χ4v) is 4.81. The molecule has 3 aliphatic rings. The minimum atomic E-state index is -1.28. The van der Waals surface area contributed by atoms with Gasteiger partial charge in [0.05, 0.1) is 11.6 Å². The number of benzene rings is 1. The van der Waals surface area contributed by atoms with E-state index in [1.807, 2.05) is 13.0 Å². The molecule has 3 atom stereocenters. The summed E-state index contributed by atoms with van der Waals surface area (Å²) >= 11 is 0. The summed E-state index contributed by atoms with van der Waals surface area (Å²) in [5.41, 5.74) is 8.13. The molecule has 1 saturated heterocycles. The summed E-state index contributed by atoms with van der Waals surface area (Å²) in [6, 6.07) is 3.19. The molecule has 0 amide bonds. The molecule has 6 nitrogen and oxygen atoms in total. The van der Waals surface area contributed by atoms with E-state index in [1.165, 1.54) is 6.20 Å². The number of aromatic nitrogens is 1. The van der Waals surface area contributed by atoms with Crippen molar-refractivity contribution >= 4 is 22.6 Å². The average Bonchev–Trinajstić information content (AvgIpc) is 3.52. The van der Waals surface area contributed by atoms with Crippen LogP contribution < -0.4 is 16.1 Å². The fourth-order valence-electron chi connectivity index (χ4n) is 4.81. The molecule has 0 spiro atoms. The van der Waals surface area contributed by atoms with E-state index < -0.39 is 23.6 Å². The number of carbonyl (C=O) groups is 1. The minimum Gasteiger partial charge on any atom is -0.477 e. The van der Waals surface area contributed by atoms with Crippen LogP contribution in [0.2, 0.25) is 0 Å². The van der Waals surface area contributed by atoms with Crippen LogP contribution in [-0.2, 0) is 0 Å². The van der Waals surface area contributed by atoms with E-state index in [4.69, 9.17) is 5.73 Å². The number of anilines is 1. The molecule has 0 unspecified atom stereocenters. The highest BCUT2D eigenvalue weighted by Crippen LogP contribution is 2.46. The first kappa shape index (κ1) is 17.7. The Kier molecular flexibility index (Phi) is 3.66. The number of aryl methyl sites for hydroxylation is 1. The topological polar surface area (TPSA) is 88.6 Å². The van der Waals surface area contributed by atoms with Crippen molar-refractivity contribution in [1.29, 1.82) is 0 Å². The van der Waals surface area contributed by atoms with Gasteiger partial charge in [-0.15, -0.1) is 0 Å². The number of halogens is 1. The number of rotatable bonds is 4. The van der Waals surface area contributed by atoms with E-state index in [9.17, 15) is 19.1 Å². The molecule has 2 aromatic rings. The molecule has 2 saturated carbocycles. The first-order valence-electron chi connectivity index (χ1n) is 9.90. The third kappa shape index (κ3) is 2.56. The fraction of sp³-hybridized carbons (Fsp3) is 0.524. The molecule has 0 radical (unpaired) electrons. The Bertz CT molecular complexity index is 1060. The summed E-state index contributed by atoms with van der Waals surface area (Å²) in [7, 11) is 0. The summed E-state index contributed by atoms with van der Waals surface area (Å²) in [4.78, 5) is 26.5. The highest BCUT2D eigenvalue weighted by molar-refractivity contribution is 5.95. The predicted molar refractivity (Wildman–Crippen MR) is 105 cm³/mol. The average molecular weight is 385 g/mol. The molecule has 3 fully saturated rings. The molecule has 1 aromatic heterocycles. The van der Waals surface area contributed by atoms with Crippen molar-refractivity contribution in [2.24, 2.45) is 11.7 Å². The van der Waals surface area contributed by atoms with Crippen molar-refractivity contribution in [3.63, 3.8) is 0 Å². The standard InChI is InChI=1S/C21H24FN3O3/c1-11-16(24-7-4-12(9-24)21(23)5-6-21)3-2-13-18(11)25(17-8-15(17)22)10-14(19(13)26)20(27)28/h2-3,10,12,15,17H,4-9,23H2,1H3,(H,27,28)/t12-,15+,17-/m1/s1. The number of aromatic carboxylic acids is 1. The number of carboxylic acid groups (broad SMARTS) is 1. The molecule has 28 heavy (non-hydrogen) atoms. The predicted octanol–water partition coefficient (Wildman–Crippen LogP) is 2.61. The quantitative estimate of drug-likeness (QED) is 0.845. The molecule has 0 bridgehead atoms. The molecule has 7 heteroatoms. The van der Waals surface area contributed by atoms with Crippen LogP contribution in [0.3, 0.4) is 0 Å². The highest BCUT2D eigenvalue weighted by atomic mass is 19.1. The Labute approximate surface area is 161 Å². The molecule has 3 N–H and O–H groups in total. The smallest absolute Gasteiger partial charge is 0.341 e. The van der Waals surface area contributed by atoms with Crippen LogP contribution in [0.25, 0.3) is 10.9 Å². The Morgan fingerprint density at radius 1 is 1.36 bits per heavy atom. The summed E-state index contributed by atoms with van der Waals surface area (Å²) in [6.45, 7) is 3.73. The van der Waals surface area contributed by atoms with Crippen molar-refractivity contribution in [2.45, 2.75) is 50.4 Å². The van der Waals surface area contributed by atoms with E-state index >= 15 is 0 Å². The number of alkyl halides is 1.